The molecule has 0 bridgehead atoms. The van der Waals surface area contributed by atoms with Gasteiger partial charge in [-0.05, 0) is 52.2 Å². The summed E-state index contributed by atoms with van der Waals surface area (Å²) in [4.78, 5) is 16.5. The van der Waals surface area contributed by atoms with Crippen LogP contribution in [-0.4, -0.2) is 13.1 Å². The first-order valence-electron chi connectivity index (χ1n) is 7.92. The fourth-order valence-electron chi connectivity index (χ4n) is 2.48. The normalized spacial score (nSPS) is 11.1. The molecule has 0 fully saturated rings. The summed E-state index contributed by atoms with van der Waals surface area (Å²) >= 11 is 5.15. The summed E-state index contributed by atoms with van der Waals surface area (Å²) in [5.74, 6) is -0.686. The number of nitrogens with zero attached hydrogens (tertiary/aromatic N) is 3. The summed E-state index contributed by atoms with van der Waals surface area (Å²) < 4.78 is 5.40. The molecule has 0 aliphatic heterocycles. The van der Waals surface area contributed by atoms with Gasteiger partial charge >= 0.3 is 5.97 Å². The zero-order chi connectivity index (χ0) is 19.2. The van der Waals surface area contributed by atoms with E-state index in [0.717, 1.165) is 14.3 Å². The molecule has 27 heavy (non-hydrogen) atoms. The number of hydrogen-bond acceptors (Lipinski definition) is 4. The number of hydrogen-bond donors (Lipinski definition) is 0. The average Bonchev–Trinajstić information content (AvgIpc) is 2.68. The molecule has 0 saturated carbocycles. The highest BCUT2D eigenvalue weighted by molar-refractivity contribution is 9.10. The highest BCUT2D eigenvalue weighted by Gasteiger charge is 2.09. The number of benzene rings is 3. The number of ether oxygens (including phenoxy) is 1. The molecule has 0 heterocycles. The topological polar surface area (TPSA) is 75.1 Å². The van der Waals surface area contributed by atoms with Crippen LogP contribution in [0.4, 0.5) is 0 Å². The van der Waals surface area contributed by atoms with Crippen molar-refractivity contribution in [2.24, 2.45) is 5.11 Å². The standard InChI is InChI=1S/C20H14BrN3O2S/c1-26-20(25)19(23-24-22)11-15-7-9-17(12-18(15)21)27-16-8-6-13-4-2-3-5-14(13)10-16/h2-12H,1H3/b19-11+. The molecule has 7 heteroatoms. The van der Waals surface area contributed by atoms with Crippen molar-refractivity contribution in [3.8, 4) is 0 Å². The lowest BCUT2D eigenvalue weighted by Gasteiger charge is -2.07. The minimum absolute atomic E-state index is 0.101. The molecule has 0 aliphatic carbocycles. The van der Waals surface area contributed by atoms with Gasteiger partial charge in [-0.15, -0.1) is 0 Å². The molecule has 3 rings (SSSR count). The Balaban J connectivity index is 1.87. The molecule has 134 valence electrons. The number of halogens is 1. The van der Waals surface area contributed by atoms with Gasteiger partial charge in [-0.25, -0.2) is 4.79 Å². The average molecular weight is 440 g/mol. The highest BCUT2D eigenvalue weighted by atomic mass is 79.9. The molecule has 0 aliphatic rings. The number of carbonyl (C=O) groups is 1. The lowest BCUT2D eigenvalue weighted by atomic mass is 10.1. The van der Waals surface area contributed by atoms with E-state index in [4.69, 9.17) is 5.53 Å². The van der Waals surface area contributed by atoms with E-state index in [1.807, 2.05) is 30.3 Å². The van der Waals surface area contributed by atoms with Gasteiger partial charge in [0.25, 0.3) is 0 Å². The molecule has 0 radical (unpaired) electrons. The summed E-state index contributed by atoms with van der Waals surface area (Å²) in [6.07, 6.45) is 1.49. The van der Waals surface area contributed by atoms with Gasteiger partial charge < -0.3 is 4.74 Å². The van der Waals surface area contributed by atoms with Crippen molar-refractivity contribution in [3.05, 3.63) is 86.8 Å². The van der Waals surface area contributed by atoms with Crippen LogP contribution in [0.5, 0.6) is 0 Å². The van der Waals surface area contributed by atoms with Crippen LogP contribution in [0.15, 0.2) is 85.7 Å². The summed E-state index contributed by atoms with van der Waals surface area (Å²) in [5, 5.41) is 5.79. The second-order valence-corrected chi connectivity index (χ2v) is 7.51. The zero-order valence-corrected chi connectivity index (χ0v) is 16.7. The molecule has 0 aromatic heterocycles. The van der Waals surface area contributed by atoms with Gasteiger partial charge in [-0.1, -0.05) is 69.2 Å². The van der Waals surface area contributed by atoms with Crippen LogP contribution < -0.4 is 0 Å². The molecule has 3 aromatic rings. The van der Waals surface area contributed by atoms with E-state index in [1.54, 1.807) is 11.8 Å². The van der Waals surface area contributed by atoms with Gasteiger partial charge in [0, 0.05) is 19.2 Å². The lowest BCUT2D eigenvalue weighted by molar-refractivity contribution is -0.136. The monoisotopic (exact) mass is 439 g/mol. The van der Waals surface area contributed by atoms with E-state index in [-0.39, 0.29) is 5.70 Å². The molecule has 0 amide bonds. The minimum Gasteiger partial charge on any atom is -0.466 e. The largest absolute Gasteiger partial charge is 0.466 e. The van der Waals surface area contributed by atoms with Gasteiger partial charge in [0.2, 0.25) is 0 Å². The second kappa shape index (κ2) is 8.77. The Hall–Kier alpha value is -2.73. The third kappa shape index (κ3) is 4.71. The Labute approximate surface area is 168 Å². The third-order valence-electron chi connectivity index (χ3n) is 3.77. The Bertz CT molecular complexity index is 1090. The van der Waals surface area contributed by atoms with E-state index in [1.165, 1.54) is 24.0 Å². The maximum Gasteiger partial charge on any atom is 0.340 e. The molecule has 0 N–H and O–H groups in total. The Morgan fingerprint density at radius 1 is 1.11 bits per heavy atom. The predicted molar refractivity (Wildman–Crippen MR) is 111 cm³/mol. The van der Waals surface area contributed by atoms with Crippen molar-refractivity contribution in [1.82, 2.24) is 0 Å². The molecule has 5 nitrogen and oxygen atoms in total. The van der Waals surface area contributed by atoms with Crippen molar-refractivity contribution in [1.29, 1.82) is 0 Å². The smallest absolute Gasteiger partial charge is 0.340 e. The third-order valence-corrected chi connectivity index (χ3v) is 5.43. The molecule has 3 aromatic carbocycles. The van der Waals surface area contributed by atoms with Crippen LogP contribution in [0.25, 0.3) is 27.3 Å². The van der Waals surface area contributed by atoms with Gasteiger partial charge in [-0.2, -0.15) is 0 Å². The molecular formula is C20H14BrN3O2S. The number of azide groups is 1. The Kier molecular flexibility index (Phi) is 6.19. The van der Waals surface area contributed by atoms with Crippen LogP contribution in [0, 0.1) is 0 Å². The van der Waals surface area contributed by atoms with Crippen LogP contribution in [0.3, 0.4) is 0 Å². The summed E-state index contributed by atoms with van der Waals surface area (Å²) in [7, 11) is 1.24. The van der Waals surface area contributed by atoms with Crippen LogP contribution in [0.2, 0.25) is 0 Å². The highest BCUT2D eigenvalue weighted by Crippen LogP contribution is 2.33. The summed E-state index contributed by atoms with van der Waals surface area (Å²) in [6, 6.07) is 20.3. The van der Waals surface area contributed by atoms with Gasteiger partial charge in [-0.3, -0.25) is 0 Å². The van der Waals surface area contributed by atoms with E-state index in [0.29, 0.717) is 5.56 Å². The van der Waals surface area contributed by atoms with Crippen LogP contribution >= 0.6 is 27.7 Å². The van der Waals surface area contributed by atoms with Gasteiger partial charge in [0.1, 0.15) is 5.70 Å². The van der Waals surface area contributed by atoms with E-state index in [2.05, 4.69) is 61.0 Å². The van der Waals surface area contributed by atoms with Crippen molar-refractivity contribution < 1.29 is 9.53 Å². The quantitative estimate of drug-likeness (QED) is 0.148. The number of methoxy groups -OCH3 is 1. The number of rotatable bonds is 5. The fraction of sp³-hybridized carbons (Fsp3) is 0.0500. The van der Waals surface area contributed by atoms with Crippen molar-refractivity contribution in [2.75, 3.05) is 7.11 Å². The zero-order valence-electron chi connectivity index (χ0n) is 14.3. The van der Waals surface area contributed by atoms with Crippen LogP contribution in [0.1, 0.15) is 5.56 Å². The SMILES string of the molecule is COC(=O)/C(=C\c1ccc(Sc2ccc3ccccc3c2)cc1Br)N=[N+]=[N-]. The first-order chi connectivity index (χ1) is 13.1. The lowest BCUT2D eigenvalue weighted by Crippen LogP contribution is -2.02. The van der Waals surface area contributed by atoms with E-state index < -0.39 is 5.97 Å². The summed E-state index contributed by atoms with van der Waals surface area (Å²) in [6.45, 7) is 0. The fourth-order valence-corrected chi connectivity index (χ4v) is 4.04. The molecule has 0 atom stereocenters. The van der Waals surface area contributed by atoms with Crippen LogP contribution in [-0.2, 0) is 9.53 Å². The summed E-state index contributed by atoms with van der Waals surface area (Å²) in [5.41, 5.74) is 9.22. The Morgan fingerprint density at radius 2 is 1.81 bits per heavy atom. The number of esters is 1. The van der Waals surface area contributed by atoms with Crippen molar-refractivity contribution >= 4 is 50.5 Å². The molecule has 0 saturated heterocycles. The minimum atomic E-state index is -0.686. The maximum absolute atomic E-state index is 11.7. The second-order valence-electron chi connectivity index (χ2n) is 5.50. The van der Waals surface area contributed by atoms with E-state index >= 15 is 0 Å². The predicted octanol–water partition coefficient (Wildman–Crippen LogP) is 6.58. The maximum atomic E-state index is 11.7. The first kappa shape index (κ1) is 19.0. The molecule has 0 spiro atoms. The number of carbonyl (C=O) groups excluding carboxylic acids is 1. The van der Waals surface area contributed by atoms with E-state index in [9.17, 15) is 4.79 Å². The van der Waals surface area contributed by atoms with Gasteiger partial charge in [0.05, 0.1) is 7.11 Å². The van der Waals surface area contributed by atoms with Gasteiger partial charge in [0.15, 0.2) is 0 Å². The molecular weight excluding hydrogens is 426 g/mol. The first-order valence-corrected chi connectivity index (χ1v) is 9.53. The molecule has 0 unspecified atom stereocenters. The van der Waals surface area contributed by atoms with Crippen molar-refractivity contribution in [3.63, 3.8) is 0 Å². The number of fused-ring (bicyclic) bond motifs is 1. The van der Waals surface area contributed by atoms with Crippen molar-refractivity contribution in [2.45, 2.75) is 9.79 Å². The Morgan fingerprint density at radius 3 is 2.52 bits per heavy atom.